The fraction of sp³-hybridized carbons (Fsp3) is 0.500. The van der Waals surface area contributed by atoms with Gasteiger partial charge in [0.25, 0.3) is 0 Å². The van der Waals surface area contributed by atoms with E-state index in [1.807, 2.05) is 0 Å². The van der Waals surface area contributed by atoms with Crippen molar-refractivity contribution in [3.8, 4) is 0 Å². The zero-order valence-corrected chi connectivity index (χ0v) is 11.5. The van der Waals surface area contributed by atoms with Crippen LogP contribution in [0, 0.1) is 18.8 Å². The van der Waals surface area contributed by atoms with E-state index < -0.39 is 12.1 Å². The normalized spacial score (nSPS) is 24.3. The molecule has 21 heavy (non-hydrogen) atoms. The number of fused-ring (bicyclic) bond motifs is 2. The Morgan fingerprint density at radius 1 is 1.29 bits per heavy atom. The fourth-order valence-electron chi connectivity index (χ4n) is 3.62. The molecule has 1 aliphatic heterocycles. The van der Waals surface area contributed by atoms with Gasteiger partial charge in [0.2, 0.25) is 0 Å². The Kier molecular flexibility index (Phi) is 3.09. The Balaban J connectivity index is 2.25. The van der Waals surface area contributed by atoms with Gasteiger partial charge in [-0.1, -0.05) is 0 Å². The predicted octanol–water partition coefficient (Wildman–Crippen LogP) is 0.985. The molecule has 3 rings (SSSR count). The third-order valence-corrected chi connectivity index (χ3v) is 4.59. The molecule has 0 aromatic carbocycles. The predicted molar refractivity (Wildman–Crippen MR) is 72.1 cm³/mol. The molecule has 0 amide bonds. The molecule has 1 aromatic rings. The van der Waals surface area contributed by atoms with Crippen LogP contribution >= 0.6 is 0 Å². The van der Waals surface area contributed by atoms with Gasteiger partial charge in [-0.2, -0.15) is 0 Å². The molecular formula is C14H16N2O5. The average molecular weight is 292 g/mol. The summed E-state index contributed by atoms with van der Waals surface area (Å²) in [7, 11) is 0. The third-order valence-electron chi connectivity index (χ3n) is 4.59. The largest absolute Gasteiger partial charge is 0.478 e. The summed E-state index contributed by atoms with van der Waals surface area (Å²) in [4.78, 5) is 35.7. The van der Waals surface area contributed by atoms with Crippen molar-refractivity contribution in [2.24, 2.45) is 11.8 Å². The van der Waals surface area contributed by atoms with Crippen molar-refractivity contribution >= 4 is 17.8 Å². The van der Waals surface area contributed by atoms with E-state index in [4.69, 9.17) is 0 Å². The molecule has 2 aliphatic rings. The standard InChI is InChI=1S/C14H16N2O5/c1-6-10(13(18)19)11-9(16(6)14(20)21)3-2-7-4-15-5-8(7)12(11)17/h7-8,15H,2-5H2,1H3,(H,18,19)(H,20,21). The van der Waals surface area contributed by atoms with Gasteiger partial charge in [0.1, 0.15) is 0 Å². The number of carboxylic acids is 1. The van der Waals surface area contributed by atoms with Crippen LogP contribution in [0.5, 0.6) is 0 Å². The van der Waals surface area contributed by atoms with Crippen LogP contribution in [-0.2, 0) is 6.42 Å². The molecule has 1 fully saturated rings. The second kappa shape index (κ2) is 4.70. The number of ketones is 1. The number of carbonyl (C=O) groups is 3. The SMILES string of the molecule is Cc1c(C(=O)O)c2c(n1C(=O)O)CCC1CNCC1C2=O. The maximum atomic E-state index is 12.7. The molecule has 1 saturated heterocycles. The first-order valence-electron chi connectivity index (χ1n) is 6.89. The van der Waals surface area contributed by atoms with Gasteiger partial charge in [-0.05, 0) is 32.2 Å². The number of hydrogen-bond donors (Lipinski definition) is 3. The van der Waals surface area contributed by atoms with Gasteiger partial charge < -0.3 is 15.5 Å². The second-order valence-electron chi connectivity index (χ2n) is 5.63. The van der Waals surface area contributed by atoms with Crippen LogP contribution in [0.25, 0.3) is 0 Å². The van der Waals surface area contributed by atoms with Crippen molar-refractivity contribution < 1.29 is 24.6 Å². The van der Waals surface area contributed by atoms with E-state index in [2.05, 4.69) is 5.32 Å². The number of Topliss-reactive ketones (excluding diaryl/α,β-unsaturated/α-hetero) is 1. The molecule has 3 N–H and O–H groups in total. The number of hydrogen-bond acceptors (Lipinski definition) is 4. The summed E-state index contributed by atoms with van der Waals surface area (Å²) >= 11 is 0. The molecule has 0 spiro atoms. The van der Waals surface area contributed by atoms with Gasteiger partial charge >= 0.3 is 12.1 Å². The molecule has 112 valence electrons. The quantitative estimate of drug-likeness (QED) is 0.712. The summed E-state index contributed by atoms with van der Waals surface area (Å²) in [6, 6.07) is 0. The lowest BCUT2D eigenvalue weighted by molar-refractivity contribution is 0.0689. The molecule has 1 aromatic heterocycles. The van der Waals surface area contributed by atoms with Gasteiger partial charge in [0, 0.05) is 23.9 Å². The fourth-order valence-corrected chi connectivity index (χ4v) is 3.62. The van der Waals surface area contributed by atoms with Crippen LogP contribution in [-0.4, -0.2) is 45.7 Å². The Morgan fingerprint density at radius 3 is 2.62 bits per heavy atom. The highest BCUT2D eigenvalue weighted by Crippen LogP contribution is 2.35. The minimum absolute atomic E-state index is 0.0959. The highest BCUT2D eigenvalue weighted by molar-refractivity contribution is 6.10. The lowest BCUT2D eigenvalue weighted by Crippen LogP contribution is -2.23. The first kappa shape index (κ1) is 13.8. The number of aromatic carboxylic acids is 1. The number of nitrogens with one attached hydrogen (secondary N) is 1. The second-order valence-corrected chi connectivity index (χ2v) is 5.63. The Labute approximate surface area is 120 Å². The minimum Gasteiger partial charge on any atom is -0.478 e. The van der Waals surface area contributed by atoms with Crippen molar-refractivity contribution in [3.05, 3.63) is 22.5 Å². The first-order chi connectivity index (χ1) is 9.93. The summed E-state index contributed by atoms with van der Waals surface area (Å²) in [5.41, 5.74) is 0.373. The number of nitrogens with zero attached hydrogens (tertiary/aromatic N) is 1. The molecule has 1 aliphatic carbocycles. The molecule has 2 unspecified atom stereocenters. The van der Waals surface area contributed by atoms with Crippen molar-refractivity contribution in [2.75, 3.05) is 13.1 Å². The van der Waals surface area contributed by atoms with E-state index in [1.165, 1.54) is 6.92 Å². The molecular weight excluding hydrogens is 276 g/mol. The van der Waals surface area contributed by atoms with Gasteiger partial charge in [0.15, 0.2) is 5.78 Å². The third kappa shape index (κ3) is 1.88. The Morgan fingerprint density at radius 2 is 2.00 bits per heavy atom. The molecule has 0 saturated carbocycles. The van der Waals surface area contributed by atoms with E-state index in [0.717, 1.165) is 11.1 Å². The van der Waals surface area contributed by atoms with Gasteiger partial charge in [-0.15, -0.1) is 0 Å². The highest BCUT2D eigenvalue weighted by Gasteiger charge is 2.41. The summed E-state index contributed by atoms with van der Waals surface area (Å²) in [5, 5.41) is 21.9. The van der Waals surface area contributed by atoms with Crippen molar-refractivity contribution in [2.45, 2.75) is 19.8 Å². The van der Waals surface area contributed by atoms with E-state index in [-0.39, 0.29) is 34.4 Å². The number of carboxylic acid groups (broad SMARTS) is 2. The zero-order chi connectivity index (χ0) is 15.3. The summed E-state index contributed by atoms with van der Waals surface area (Å²) in [5.74, 6) is -1.60. The molecule has 0 radical (unpaired) electrons. The van der Waals surface area contributed by atoms with Crippen LogP contribution in [0.2, 0.25) is 0 Å². The topological polar surface area (TPSA) is 109 Å². The Hall–Kier alpha value is -2.15. The minimum atomic E-state index is -1.25. The number of carbonyl (C=O) groups excluding carboxylic acids is 1. The van der Waals surface area contributed by atoms with Gasteiger partial charge in [-0.3, -0.25) is 9.36 Å². The van der Waals surface area contributed by atoms with Gasteiger partial charge in [0.05, 0.1) is 11.1 Å². The van der Waals surface area contributed by atoms with Crippen molar-refractivity contribution in [3.63, 3.8) is 0 Å². The van der Waals surface area contributed by atoms with Crippen LogP contribution in [0.1, 0.15) is 38.5 Å². The maximum absolute atomic E-state index is 12.7. The zero-order valence-electron chi connectivity index (χ0n) is 11.5. The molecule has 7 nitrogen and oxygen atoms in total. The summed E-state index contributed by atoms with van der Waals surface area (Å²) < 4.78 is 0.963. The van der Waals surface area contributed by atoms with E-state index in [9.17, 15) is 24.6 Å². The molecule has 0 bridgehead atoms. The monoisotopic (exact) mass is 292 g/mol. The summed E-state index contributed by atoms with van der Waals surface area (Å²) in [6.07, 6.45) is -0.148. The smallest absolute Gasteiger partial charge is 0.415 e. The van der Waals surface area contributed by atoms with Crippen molar-refractivity contribution in [1.29, 1.82) is 0 Å². The van der Waals surface area contributed by atoms with E-state index in [0.29, 0.717) is 25.1 Å². The molecule has 7 heteroatoms. The maximum Gasteiger partial charge on any atom is 0.415 e. The number of rotatable bonds is 1. The average Bonchev–Trinajstić information content (AvgIpc) is 2.94. The lowest BCUT2D eigenvalue weighted by atomic mass is 9.88. The Bertz CT molecular complexity index is 661. The van der Waals surface area contributed by atoms with E-state index in [1.54, 1.807) is 0 Å². The van der Waals surface area contributed by atoms with Gasteiger partial charge in [-0.25, -0.2) is 9.59 Å². The van der Waals surface area contributed by atoms with E-state index >= 15 is 0 Å². The molecule has 2 atom stereocenters. The van der Waals surface area contributed by atoms with Crippen LogP contribution < -0.4 is 5.32 Å². The lowest BCUT2D eigenvalue weighted by Gasteiger charge is -2.13. The van der Waals surface area contributed by atoms with Crippen molar-refractivity contribution in [1.82, 2.24) is 9.88 Å². The first-order valence-corrected chi connectivity index (χ1v) is 6.89. The molecule has 2 heterocycles. The van der Waals surface area contributed by atoms with Crippen LogP contribution in [0.15, 0.2) is 0 Å². The van der Waals surface area contributed by atoms with Crippen LogP contribution in [0.3, 0.4) is 0 Å². The number of aromatic nitrogens is 1. The van der Waals surface area contributed by atoms with Crippen LogP contribution in [0.4, 0.5) is 4.79 Å². The summed E-state index contributed by atoms with van der Waals surface area (Å²) in [6.45, 7) is 2.68. The highest BCUT2D eigenvalue weighted by atomic mass is 16.4.